The lowest BCUT2D eigenvalue weighted by Gasteiger charge is -2.34. The Bertz CT molecular complexity index is 935. The first-order valence-electron chi connectivity index (χ1n) is 9.68. The van der Waals surface area contributed by atoms with E-state index in [4.69, 9.17) is 4.74 Å². The van der Waals surface area contributed by atoms with E-state index < -0.39 is 10.0 Å². The van der Waals surface area contributed by atoms with E-state index in [1.807, 2.05) is 5.38 Å². The summed E-state index contributed by atoms with van der Waals surface area (Å²) >= 11 is 1.58. The van der Waals surface area contributed by atoms with Crippen molar-refractivity contribution >= 4 is 32.4 Å². The molecule has 2 saturated heterocycles. The molecule has 4 rings (SSSR count). The lowest BCUT2D eigenvalue weighted by molar-refractivity contribution is 0.0746. The number of nitrogens with one attached hydrogen (secondary N) is 1. The van der Waals surface area contributed by atoms with Crippen molar-refractivity contribution < 1.29 is 17.9 Å². The third-order valence-corrected chi connectivity index (χ3v) is 7.43. The molecule has 2 aliphatic heterocycles. The van der Waals surface area contributed by atoms with Crippen LogP contribution in [-0.4, -0.2) is 69.6 Å². The summed E-state index contributed by atoms with van der Waals surface area (Å²) in [5.74, 6) is -0.153. The maximum atomic E-state index is 12.9. The highest BCUT2D eigenvalue weighted by molar-refractivity contribution is 7.89. The van der Waals surface area contributed by atoms with E-state index in [0.29, 0.717) is 38.3 Å². The predicted octanol–water partition coefficient (Wildman–Crippen LogP) is 1.56. The third kappa shape index (κ3) is 4.77. The Kier molecular flexibility index (Phi) is 6.14. The molecule has 0 saturated carbocycles. The third-order valence-electron chi connectivity index (χ3n) is 5.17. The van der Waals surface area contributed by atoms with Gasteiger partial charge in [-0.2, -0.15) is 0 Å². The van der Waals surface area contributed by atoms with Gasteiger partial charge in [0, 0.05) is 56.5 Å². The Balaban J connectivity index is 1.39. The standard InChI is InChI=1S/C19H24N4O4S2/c24-18(22-7-9-23(10-8-22)19-20-6-12-28-19)15-3-1-5-17(13-15)29(25,26)21-14-16-4-2-11-27-16/h1,3,5-6,12-13,16,21H,2,4,7-11,14H2/t16-/m0/s1. The van der Waals surface area contributed by atoms with Gasteiger partial charge in [-0.3, -0.25) is 4.79 Å². The molecule has 2 aliphatic rings. The molecule has 1 atom stereocenters. The molecule has 0 bridgehead atoms. The molecule has 1 amide bonds. The number of amides is 1. The van der Waals surface area contributed by atoms with Gasteiger partial charge in [-0.15, -0.1) is 11.3 Å². The Labute approximate surface area is 174 Å². The first kappa shape index (κ1) is 20.3. The minimum absolute atomic E-state index is 0.0799. The lowest BCUT2D eigenvalue weighted by Crippen LogP contribution is -2.48. The molecule has 29 heavy (non-hydrogen) atoms. The summed E-state index contributed by atoms with van der Waals surface area (Å²) in [6.07, 6.45) is 3.50. The summed E-state index contributed by atoms with van der Waals surface area (Å²) in [4.78, 5) is 21.2. The number of carbonyl (C=O) groups excluding carboxylic acids is 1. The van der Waals surface area contributed by atoms with Crippen LogP contribution in [0.1, 0.15) is 23.2 Å². The topological polar surface area (TPSA) is 91.8 Å². The normalized spacial score (nSPS) is 20.2. The largest absolute Gasteiger partial charge is 0.377 e. The molecule has 0 radical (unpaired) electrons. The molecule has 0 aliphatic carbocycles. The van der Waals surface area contributed by atoms with Crippen LogP contribution in [0.25, 0.3) is 0 Å². The van der Waals surface area contributed by atoms with Crippen molar-refractivity contribution in [2.45, 2.75) is 23.8 Å². The van der Waals surface area contributed by atoms with Gasteiger partial charge >= 0.3 is 0 Å². The molecule has 1 N–H and O–H groups in total. The summed E-state index contributed by atoms with van der Waals surface area (Å²) in [6.45, 7) is 3.49. The molecule has 0 spiro atoms. The molecule has 1 aromatic carbocycles. The SMILES string of the molecule is O=C(c1cccc(S(=O)(=O)NC[C@@H]2CCCO2)c1)N1CCN(c2nccs2)CC1. The Morgan fingerprint density at radius 2 is 2.10 bits per heavy atom. The summed E-state index contributed by atoms with van der Waals surface area (Å²) in [6, 6.07) is 6.23. The van der Waals surface area contributed by atoms with E-state index in [0.717, 1.165) is 18.0 Å². The van der Waals surface area contributed by atoms with Gasteiger partial charge in [-0.1, -0.05) is 6.07 Å². The quantitative estimate of drug-likeness (QED) is 0.739. The maximum absolute atomic E-state index is 12.9. The monoisotopic (exact) mass is 436 g/mol. The minimum Gasteiger partial charge on any atom is -0.377 e. The van der Waals surface area contributed by atoms with E-state index in [-0.39, 0.29) is 23.5 Å². The first-order chi connectivity index (χ1) is 14.0. The molecule has 2 fully saturated rings. The average Bonchev–Trinajstić information content (AvgIpc) is 3.46. The number of benzene rings is 1. The molecular formula is C19H24N4O4S2. The molecule has 1 aromatic heterocycles. The number of sulfonamides is 1. The molecule has 10 heteroatoms. The predicted molar refractivity (Wildman–Crippen MR) is 111 cm³/mol. The molecule has 8 nitrogen and oxygen atoms in total. The number of piperazine rings is 1. The van der Waals surface area contributed by atoms with Gasteiger partial charge in [0.15, 0.2) is 5.13 Å². The highest BCUT2D eigenvalue weighted by Crippen LogP contribution is 2.20. The van der Waals surface area contributed by atoms with Crippen LogP contribution in [-0.2, 0) is 14.8 Å². The summed E-state index contributed by atoms with van der Waals surface area (Å²) < 4.78 is 33.3. The molecule has 3 heterocycles. The number of hydrogen-bond donors (Lipinski definition) is 1. The van der Waals surface area contributed by atoms with Gasteiger partial charge < -0.3 is 14.5 Å². The molecule has 0 unspecified atom stereocenters. The summed E-state index contributed by atoms with van der Waals surface area (Å²) in [5.41, 5.74) is 0.382. The van der Waals surface area contributed by atoms with Gasteiger partial charge in [-0.05, 0) is 31.0 Å². The highest BCUT2D eigenvalue weighted by Gasteiger charge is 2.25. The van der Waals surface area contributed by atoms with Gasteiger partial charge in [0.2, 0.25) is 10.0 Å². The Morgan fingerprint density at radius 1 is 1.28 bits per heavy atom. The number of thiazole rings is 1. The van der Waals surface area contributed by atoms with Gasteiger partial charge in [0.05, 0.1) is 11.0 Å². The highest BCUT2D eigenvalue weighted by atomic mass is 32.2. The lowest BCUT2D eigenvalue weighted by atomic mass is 10.2. The van der Waals surface area contributed by atoms with Crippen molar-refractivity contribution in [3.8, 4) is 0 Å². The Hall–Kier alpha value is -2.01. The van der Waals surface area contributed by atoms with Crippen molar-refractivity contribution in [1.82, 2.24) is 14.6 Å². The fourth-order valence-electron chi connectivity index (χ4n) is 3.54. The number of aromatic nitrogens is 1. The zero-order valence-electron chi connectivity index (χ0n) is 16.0. The fourth-order valence-corrected chi connectivity index (χ4v) is 5.35. The van der Waals surface area contributed by atoms with Crippen molar-refractivity contribution in [3.63, 3.8) is 0 Å². The van der Waals surface area contributed by atoms with Crippen molar-refractivity contribution in [2.75, 3.05) is 44.2 Å². The van der Waals surface area contributed by atoms with Crippen molar-refractivity contribution in [2.24, 2.45) is 0 Å². The molecule has 2 aromatic rings. The van der Waals surface area contributed by atoms with Gasteiger partial charge in [0.25, 0.3) is 5.91 Å². The smallest absolute Gasteiger partial charge is 0.254 e. The summed E-state index contributed by atoms with van der Waals surface area (Å²) in [7, 11) is -3.69. The first-order valence-corrected chi connectivity index (χ1v) is 12.0. The van der Waals surface area contributed by atoms with E-state index in [2.05, 4.69) is 14.6 Å². The molecular weight excluding hydrogens is 412 g/mol. The second-order valence-electron chi connectivity index (χ2n) is 7.11. The zero-order chi connectivity index (χ0) is 20.3. The number of nitrogens with zero attached hydrogens (tertiary/aromatic N) is 3. The number of rotatable bonds is 6. The van der Waals surface area contributed by atoms with E-state index >= 15 is 0 Å². The number of ether oxygens (including phenoxy) is 1. The van der Waals surface area contributed by atoms with Crippen LogP contribution in [0.5, 0.6) is 0 Å². The van der Waals surface area contributed by atoms with Crippen LogP contribution in [0, 0.1) is 0 Å². The van der Waals surface area contributed by atoms with E-state index in [1.54, 1.807) is 34.6 Å². The van der Waals surface area contributed by atoms with Crippen LogP contribution in [0.4, 0.5) is 5.13 Å². The van der Waals surface area contributed by atoms with Crippen molar-refractivity contribution in [1.29, 1.82) is 0 Å². The van der Waals surface area contributed by atoms with Crippen molar-refractivity contribution in [3.05, 3.63) is 41.4 Å². The minimum atomic E-state index is -3.69. The number of hydrogen-bond acceptors (Lipinski definition) is 7. The maximum Gasteiger partial charge on any atom is 0.254 e. The van der Waals surface area contributed by atoms with Crippen LogP contribution < -0.4 is 9.62 Å². The summed E-state index contributed by atoms with van der Waals surface area (Å²) in [5, 5.41) is 2.90. The zero-order valence-corrected chi connectivity index (χ0v) is 17.6. The van der Waals surface area contributed by atoms with Crippen LogP contribution >= 0.6 is 11.3 Å². The van der Waals surface area contributed by atoms with Crippen LogP contribution in [0.15, 0.2) is 40.7 Å². The van der Waals surface area contributed by atoms with Crippen LogP contribution in [0.2, 0.25) is 0 Å². The molecule has 156 valence electrons. The van der Waals surface area contributed by atoms with Crippen LogP contribution in [0.3, 0.4) is 0 Å². The average molecular weight is 437 g/mol. The van der Waals surface area contributed by atoms with Gasteiger partial charge in [-0.25, -0.2) is 18.1 Å². The Morgan fingerprint density at radius 3 is 2.79 bits per heavy atom. The van der Waals surface area contributed by atoms with E-state index in [9.17, 15) is 13.2 Å². The number of carbonyl (C=O) groups is 1. The number of anilines is 1. The second-order valence-corrected chi connectivity index (χ2v) is 9.75. The van der Waals surface area contributed by atoms with Gasteiger partial charge in [0.1, 0.15) is 0 Å². The fraction of sp³-hybridized carbons (Fsp3) is 0.474. The second kappa shape index (κ2) is 8.78. The van der Waals surface area contributed by atoms with E-state index in [1.165, 1.54) is 12.1 Å².